The summed E-state index contributed by atoms with van der Waals surface area (Å²) in [5.41, 5.74) is 2.60. The van der Waals surface area contributed by atoms with Crippen LogP contribution in [-0.2, 0) is 0 Å². The molecular formula is C17H15ClN2O2. The quantitative estimate of drug-likeness (QED) is 0.810. The molecule has 0 aliphatic carbocycles. The molecule has 2 heterocycles. The molecule has 4 rings (SSSR count). The van der Waals surface area contributed by atoms with Crippen LogP contribution in [0.2, 0.25) is 5.02 Å². The van der Waals surface area contributed by atoms with Gasteiger partial charge in [-0.1, -0.05) is 17.7 Å². The minimum Gasteiger partial charge on any atom is -0.489 e. The van der Waals surface area contributed by atoms with Crippen molar-refractivity contribution in [3.63, 3.8) is 0 Å². The van der Waals surface area contributed by atoms with Gasteiger partial charge in [0.2, 0.25) is 0 Å². The summed E-state index contributed by atoms with van der Waals surface area (Å²) in [6.45, 7) is 3.07. The van der Waals surface area contributed by atoms with E-state index >= 15 is 0 Å². The van der Waals surface area contributed by atoms with Gasteiger partial charge in [0, 0.05) is 23.7 Å². The Kier molecular flexibility index (Phi) is 3.19. The zero-order valence-electron chi connectivity index (χ0n) is 12.0. The van der Waals surface area contributed by atoms with Crippen LogP contribution in [-0.4, -0.2) is 32.1 Å². The number of carbonyl (C=O) groups excluding carboxylic acids is 1. The lowest BCUT2D eigenvalue weighted by atomic mass is 10.1. The van der Waals surface area contributed by atoms with E-state index in [0.29, 0.717) is 23.7 Å². The highest BCUT2D eigenvalue weighted by molar-refractivity contribution is 6.30. The molecule has 0 spiro atoms. The molecule has 2 aromatic carbocycles. The van der Waals surface area contributed by atoms with Crippen LogP contribution in [0.1, 0.15) is 10.4 Å². The summed E-state index contributed by atoms with van der Waals surface area (Å²) in [6.07, 6.45) is 0. The largest absolute Gasteiger partial charge is 0.489 e. The van der Waals surface area contributed by atoms with Crippen molar-refractivity contribution in [1.29, 1.82) is 0 Å². The molecule has 0 bridgehead atoms. The Labute approximate surface area is 133 Å². The Morgan fingerprint density at radius 2 is 1.86 bits per heavy atom. The van der Waals surface area contributed by atoms with E-state index in [2.05, 4.69) is 4.90 Å². The third-order valence-electron chi connectivity index (χ3n) is 4.13. The second-order valence-electron chi connectivity index (χ2n) is 5.42. The first kappa shape index (κ1) is 13.5. The standard InChI is InChI=1S/C17H15ClN2O2/c18-13-6-4-12(5-7-13)17(21)20-9-8-19-10-11-22-15-3-1-2-14(20)16(15)19/h1-7H,8-11H2. The summed E-state index contributed by atoms with van der Waals surface area (Å²) in [6, 6.07) is 12.9. The van der Waals surface area contributed by atoms with Crippen LogP contribution in [0.5, 0.6) is 5.75 Å². The van der Waals surface area contributed by atoms with E-state index in [1.54, 1.807) is 24.3 Å². The predicted molar refractivity (Wildman–Crippen MR) is 87.3 cm³/mol. The molecule has 0 saturated heterocycles. The van der Waals surface area contributed by atoms with Gasteiger partial charge in [0.25, 0.3) is 5.91 Å². The van der Waals surface area contributed by atoms with Crippen LogP contribution in [0, 0.1) is 0 Å². The monoisotopic (exact) mass is 314 g/mol. The fourth-order valence-corrected chi connectivity index (χ4v) is 3.19. The molecule has 0 aromatic heterocycles. The number of hydrogen-bond donors (Lipinski definition) is 0. The van der Waals surface area contributed by atoms with Crippen LogP contribution in [0.25, 0.3) is 0 Å². The molecule has 0 unspecified atom stereocenters. The Hall–Kier alpha value is -2.20. The number of halogens is 1. The van der Waals surface area contributed by atoms with Gasteiger partial charge in [0.05, 0.1) is 12.2 Å². The van der Waals surface area contributed by atoms with E-state index in [9.17, 15) is 4.79 Å². The molecule has 0 N–H and O–H groups in total. The Morgan fingerprint density at radius 3 is 2.68 bits per heavy atom. The third kappa shape index (κ3) is 2.11. The average molecular weight is 315 g/mol. The Balaban J connectivity index is 1.75. The van der Waals surface area contributed by atoms with Crippen molar-refractivity contribution < 1.29 is 9.53 Å². The molecule has 0 atom stereocenters. The topological polar surface area (TPSA) is 32.8 Å². The first-order chi connectivity index (χ1) is 10.7. The summed E-state index contributed by atoms with van der Waals surface area (Å²) < 4.78 is 5.72. The number of hydrogen-bond acceptors (Lipinski definition) is 3. The normalized spacial score (nSPS) is 16.0. The zero-order valence-corrected chi connectivity index (χ0v) is 12.7. The predicted octanol–water partition coefficient (Wildman–Crippen LogP) is 3.20. The lowest BCUT2D eigenvalue weighted by Crippen LogP contribution is -2.47. The summed E-state index contributed by atoms with van der Waals surface area (Å²) in [4.78, 5) is 16.9. The molecule has 4 nitrogen and oxygen atoms in total. The van der Waals surface area contributed by atoms with E-state index in [0.717, 1.165) is 30.2 Å². The lowest BCUT2D eigenvalue weighted by molar-refractivity contribution is 0.0986. The molecule has 5 heteroatoms. The van der Waals surface area contributed by atoms with Crippen molar-refractivity contribution in [2.45, 2.75) is 0 Å². The number of ether oxygens (including phenoxy) is 1. The van der Waals surface area contributed by atoms with Crippen LogP contribution in [0.4, 0.5) is 11.4 Å². The summed E-state index contributed by atoms with van der Waals surface area (Å²) in [5, 5.41) is 0.631. The number of para-hydroxylation sites is 1. The number of benzene rings is 2. The van der Waals surface area contributed by atoms with Crippen molar-refractivity contribution >= 4 is 28.9 Å². The SMILES string of the molecule is O=C(c1ccc(Cl)cc1)N1CCN2CCOc3cccc1c32. The highest BCUT2D eigenvalue weighted by atomic mass is 35.5. The first-order valence-corrected chi connectivity index (χ1v) is 7.70. The van der Waals surface area contributed by atoms with Crippen LogP contribution >= 0.6 is 11.6 Å². The molecule has 0 fully saturated rings. The van der Waals surface area contributed by atoms with E-state index in [-0.39, 0.29) is 5.91 Å². The van der Waals surface area contributed by atoms with E-state index in [4.69, 9.17) is 16.3 Å². The molecule has 2 aliphatic heterocycles. The summed E-state index contributed by atoms with van der Waals surface area (Å²) in [7, 11) is 0. The van der Waals surface area contributed by atoms with Crippen molar-refractivity contribution in [3.8, 4) is 5.75 Å². The minimum absolute atomic E-state index is 0.00436. The first-order valence-electron chi connectivity index (χ1n) is 7.32. The lowest BCUT2D eigenvalue weighted by Gasteiger charge is -2.41. The van der Waals surface area contributed by atoms with Crippen molar-refractivity contribution in [1.82, 2.24) is 0 Å². The molecule has 2 aromatic rings. The maximum absolute atomic E-state index is 12.8. The third-order valence-corrected chi connectivity index (χ3v) is 4.39. The van der Waals surface area contributed by atoms with Gasteiger partial charge in [0.1, 0.15) is 18.0 Å². The summed E-state index contributed by atoms with van der Waals surface area (Å²) >= 11 is 5.90. The molecule has 0 saturated carbocycles. The number of anilines is 2. The molecular weight excluding hydrogens is 300 g/mol. The van der Waals surface area contributed by atoms with Crippen molar-refractivity contribution in [3.05, 3.63) is 53.1 Å². The summed E-state index contributed by atoms with van der Waals surface area (Å²) in [5.74, 6) is 0.854. The second-order valence-corrected chi connectivity index (χ2v) is 5.86. The molecule has 22 heavy (non-hydrogen) atoms. The average Bonchev–Trinajstić information content (AvgIpc) is 2.56. The molecule has 112 valence electrons. The number of amides is 1. The van der Waals surface area contributed by atoms with Gasteiger partial charge in [-0.3, -0.25) is 4.79 Å². The van der Waals surface area contributed by atoms with Gasteiger partial charge >= 0.3 is 0 Å². The van der Waals surface area contributed by atoms with E-state index < -0.39 is 0 Å². The zero-order chi connectivity index (χ0) is 15.1. The minimum atomic E-state index is -0.00436. The molecule has 0 radical (unpaired) electrons. The van der Waals surface area contributed by atoms with Gasteiger partial charge in [-0.15, -0.1) is 0 Å². The highest BCUT2D eigenvalue weighted by Gasteiger charge is 2.31. The smallest absolute Gasteiger partial charge is 0.258 e. The molecule has 1 amide bonds. The van der Waals surface area contributed by atoms with Crippen molar-refractivity contribution in [2.75, 3.05) is 36.0 Å². The van der Waals surface area contributed by atoms with Gasteiger partial charge in [0.15, 0.2) is 0 Å². The maximum atomic E-state index is 12.8. The van der Waals surface area contributed by atoms with E-state index in [1.165, 1.54) is 0 Å². The number of carbonyl (C=O) groups is 1. The van der Waals surface area contributed by atoms with Gasteiger partial charge in [-0.25, -0.2) is 0 Å². The Bertz CT molecular complexity index is 730. The van der Waals surface area contributed by atoms with Gasteiger partial charge < -0.3 is 14.5 Å². The second kappa shape index (κ2) is 5.21. The number of rotatable bonds is 1. The highest BCUT2D eigenvalue weighted by Crippen LogP contribution is 2.42. The van der Waals surface area contributed by atoms with Crippen LogP contribution in [0.3, 0.4) is 0 Å². The van der Waals surface area contributed by atoms with Gasteiger partial charge in [-0.2, -0.15) is 0 Å². The fraction of sp³-hybridized carbons (Fsp3) is 0.235. The fourth-order valence-electron chi connectivity index (χ4n) is 3.06. The Morgan fingerprint density at radius 1 is 1.05 bits per heavy atom. The van der Waals surface area contributed by atoms with Crippen LogP contribution < -0.4 is 14.5 Å². The van der Waals surface area contributed by atoms with Crippen LogP contribution in [0.15, 0.2) is 42.5 Å². The molecule has 2 aliphatic rings. The van der Waals surface area contributed by atoms with Crippen molar-refractivity contribution in [2.24, 2.45) is 0 Å². The maximum Gasteiger partial charge on any atom is 0.258 e. The number of nitrogens with zero attached hydrogens (tertiary/aromatic N) is 2. The van der Waals surface area contributed by atoms with E-state index in [1.807, 2.05) is 23.1 Å². The van der Waals surface area contributed by atoms with Gasteiger partial charge in [-0.05, 0) is 36.4 Å².